The van der Waals surface area contributed by atoms with Crippen molar-refractivity contribution >= 4 is 33.1 Å². The Kier molecular flexibility index (Phi) is 3.83. The number of hydrogen-bond donors (Lipinski definition) is 3. The predicted molar refractivity (Wildman–Crippen MR) is 74.1 cm³/mol. The van der Waals surface area contributed by atoms with E-state index in [0.717, 1.165) is 0 Å². The minimum atomic E-state index is -3.68. The Morgan fingerprint density at radius 1 is 1.47 bits per heavy atom. The molecule has 1 aliphatic heterocycles. The van der Waals surface area contributed by atoms with Crippen LogP contribution in [0.1, 0.15) is 12.0 Å². The van der Waals surface area contributed by atoms with Crippen LogP contribution >= 0.6 is 12.2 Å². The highest BCUT2D eigenvalue weighted by Gasteiger charge is 2.26. The van der Waals surface area contributed by atoms with E-state index in [-0.39, 0.29) is 22.2 Å². The minimum Gasteiger partial charge on any atom is -0.389 e. The highest BCUT2D eigenvalue weighted by atomic mass is 32.2. The molecule has 19 heavy (non-hydrogen) atoms. The van der Waals surface area contributed by atoms with Crippen molar-refractivity contribution < 1.29 is 13.2 Å². The number of thiocarbonyl (C=S) groups is 1. The molecule has 8 heteroatoms. The number of rotatable bonds is 4. The van der Waals surface area contributed by atoms with Gasteiger partial charge in [0, 0.05) is 24.6 Å². The largest absolute Gasteiger partial charge is 0.389 e. The van der Waals surface area contributed by atoms with Gasteiger partial charge in [-0.15, -0.1) is 0 Å². The first kappa shape index (κ1) is 13.9. The quantitative estimate of drug-likeness (QED) is 0.650. The average Bonchev–Trinajstić information content (AvgIpc) is 2.74. The van der Waals surface area contributed by atoms with E-state index >= 15 is 0 Å². The molecular formula is C11H13N3O3S2. The molecule has 1 unspecified atom stereocenters. The van der Waals surface area contributed by atoms with Crippen molar-refractivity contribution in [2.24, 2.45) is 5.73 Å². The standard InChI is InChI=1S/C11H13N3O3S2/c12-11(18)7-2-1-3-9(4-7)19(16,17)14-8-5-10(15)13-6-8/h1-4,8,14H,5-6H2,(H2,12,18)(H,13,15). The van der Waals surface area contributed by atoms with Crippen molar-refractivity contribution in [1.82, 2.24) is 10.0 Å². The molecule has 1 aromatic rings. The predicted octanol–water partition coefficient (Wildman–Crippen LogP) is -0.512. The van der Waals surface area contributed by atoms with E-state index in [1.165, 1.54) is 12.1 Å². The van der Waals surface area contributed by atoms with Gasteiger partial charge in [0.25, 0.3) is 0 Å². The number of carbonyl (C=O) groups excluding carboxylic acids is 1. The topological polar surface area (TPSA) is 101 Å². The fraction of sp³-hybridized carbons (Fsp3) is 0.273. The maximum atomic E-state index is 12.1. The zero-order valence-corrected chi connectivity index (χ0v) is 11.6. The first-order valence-electron chi connectivity index (χ1n) is 5.57. The van der Waals surface area contributed by atoms with Gasteiger partial charge in [-0.3, -0.25) is 4.79 Å². The number of benzene rings is 1. The van der Waals surface area contributed by atoms with Crippen LogP contribution in [0, 0.1) is 0 Å². The molecule has 1 fully saturated rings. The van der Waals surface area contributed by atoms with Crippen LogP contribution < -0.4 is 15.8 Å². The lowest BCUT2D eigenvalue weighted by Crippen LogP contribution is -2.36. The lowest BCUT2D eigenvalue weighted by molar-refractivity contribution is -0.119. The van der Waals surface area contributed by atoms with Gasteiger partial charge in [-0.25, -0.2) is 13.1 Å². The number of nitrogens with two attached hydrogens (primary N) is 1. The Morgan fingerprint density at radius 3 is 2.79 bits per heavy atom. The molecule has 1 saturated heterocycles. The van der Waals surface area contributed by atoms with Crippen molar-refractivity contribution in [3.8, 4) is 0 Å². The Labute approximate surface area is 116 Å². The van der Waals surface area contributed by atoms with E-state index in [4.69, 9.17) is 18.0 Å². The van der Waals surface area contributed by atoms with Crippen molar-refractivity contribution in [2.45, 2.75) is 17.4 Å². The SMILES string of the molecule is NC(=S)c1cccc(S(=O)(=O)NC2CNC(=O)C2)c1. The molecule has 2 rings (SSSR count). The molecule has 0 saturated carbocycles. The summed E-state index contributed by atoms with van der Waals surface area (Å²) in [6, 6.07) is 5.65. The average molecular weight is 299 g/mol. The van der Waals surface area contributed by atoms with E-state index in [0.29, 0.717) is 12.1 Å². The third-order valence-corrected chi connectivity index (χ3v) is 4.48. The van der Waals surface area contributed by atoms with Crippen LogP contribution in [-0.4, -0.2) is 31.9 Å². The Hall–Kier alpha value is -1.51. The molecule has 0 spiro atoms. The zero-order chi connectivity index (χ0) is 14.0. The summed E-state index contributed by atoms with van der Waals surface area (Å²) < 4.78 is 26.7. The van der Waals surface area contributed by atoms with Crippen LogP contribution in [0.15, 0.2) is 29.2 Å². The van der Waals surface area contributed by atoms with Crippen LogP contribution in [0.3, 0.4) is 0 Å². The Balaban J connectivity index is 2.22. The second-order valence-electron chi connectivity index (χ2n) is 4.22. The molecule has 0 aromatic heterocycles. The summed E-state index contributed by atoms with van der Waals surface area (Å²) in [5, 5.41) is 2.57. The molecule has 0 radical (unpaired) electrons. The van der Waals surface area contributed by atoms with Crippen molar-refractivity contribution in [3.63, 3.8) is 0 Å². The van der Waals surface area contributed by atoms with Gasteiger partial charge >= 0.3 is 0 Å². The summed E-state index contributed by atoms with van der Waals surface area (Å²) in [6.07, 6.45) is 0.147. The normalized spacial score (nSPS) is 19.2. The van der Waals surface area contributed by atoms with Gasteiger partial charge in [0.15, 0.2) is 0 Å². The van der Waals surface area contributed by atoms with Gasteiger partial charge in [0.2, 0.25) is 15.9 Å². The minimum absolute atomic E-state index is 0.0807. The molecule has 1 amide bonds. The van der Waals surface area contributed by atoms with Gasteiger partial charge in [0.05, 0.1) is 4.90 Å². The third kappa shape index (κ3) is 3.28. The van der Waals surface area contributed by atoms with E-state index in [9.17, 15) is 13.2 Å². The van der Waals surface area contributed by atoms with Crippen molar-refractivity contribution in [3.05, 3.63) is 29.8 Å². The maximum Gasteiger partial charge on any atom is 0.240 e. The summed E-state index contributed by atoms with van der Waals surface area (Å²) in [7, 11) is -3.68. The molecule has 1 atom stereocenters. The molecular weight excluding hydrogens is 286 g/mol. The highest BCUT2D eigenvalue weighted by molar-refractivity contribution is 7.89. The molecule has 1 heterocycles. The van der Waals surface area contributed by atoms with Crippen LogP contribution in [0.4, 0.5) is 0 Å². The van der Waals surface area contributed by atoms with Gasteiger partial charge in [-0.05, 0) is 12.1 Å². The first-order chi connectivity index (χ1) is 8.88. The number of amides is 1. The summed E-state index contributed by atoms with van der Waals surface area (Å²) in [5.74, 6) is -0.162. The summed E-state index contributed by atoms with van der Waals surface area (Å²) in [6.45, 7) is 0.299. The molecule has 0 bridgehead atoms. The molecule has 6 nitrogen and oxygen atoms in total. The third-order valence-electron chi connectivity index (χ3n) is 2.73. The number of sulfonamides is 1. The van der Waals surface area contributed by atoms with Crippen molar-refractivity contribution in [2.75, 3.05) is 6.54 Å². The lowest BCUT2D eigenvalue weighted by atomic mass is 10.2. The van der Waals surface area contributed by atoms with E-state index < -0.39 is 16.1 Å². The number of hydrogen-bond acceptors (Lipinski definition) is 4. The molecule has 0 aliphatic carbocycles. The molecule has 102 valence electrons. The summed E-state index contributed by atoms with van der Waals surface area (Å²) >= 11 is 4.81. The second kappa shape index (κ2) is 5.24. The van der Waals surface area contributed by atoms with Crippen LogP contribution in [-0.2, 0) is 14.8 Å². The molecule has 1 aromatic carbocycles. The van der Waals surface area contributed by atoms with E-state index in [1.807, 2.05) is 0 Å². The van der Waals surface area contributed by atoms with Crippen LogP contribution in [0.25, 0.3) is 0 Å². The Bertz CT molecular complexity index is 628. The fourth-order valence-corrected chi connectivity index (χ4v) is 3.20. The van der Waals surface area contributed by atoms with Crippen molar-refractivity contribution in [1.29, 1.82) is 0 Å². The summed E-state index contributed by atoms with van der Waals surface area (Å²) in [4.78, 5) is 11.3. The Morgan fingerprint density at radius 2 is 2.21 bits per heavy atom. The van der Waals surface area contributed by atoms with E-state index in [2.05, 4.69) is 10.0 Å². The molecule has 4 N–H and O–H groups in total. The lowest BCUT2D eigenvalue weighted by Gasteiger charge is -2.11. The van der Waals surface area contributed by atoms with Crippen LogP contribution in [0.5, 0.6) is 0 Å². The monoisotopic (exact) mass is 299 g/mol. The first-order valence-corrected chi connectivity index (χ1v) is 7.46. The van der Waals surface area contributed by atoms with Gasteiger partial charge < -0.3 is 11.1 Å². The number of nitrogens with one attached hydrogen (secondary N) is 2. The number of carbonyl (C=O) groups is 1. The maximum absolute atomic E-state index is 12.1. The highest BCUT2D eigenvalue weighted by Crippen LogP contribution is 2.13. The summed E-state index contributed by atoms with van der Waals surface area (Å²) in [5.41, 5.74) is 5.95. The van der Waals surface area contributed by atoms with Gasteiger partial charge in [-0.1, -0.05) is 24.4 Å². The fourth-order valence-electron chi connectivity index (χ4n) is 1.79. The van der Waals surface area contributed by atoms with E-state index in [1.54, 1.807) is 12.1 Å². The van der Waals surface area contributed by atoms with Gasteiger partial charge in [0.1, 0.15) is 4.99 Å². The second-order valence-corrected chi connectivity index (χ2v) is 6.37. The van der Waals surface area contributed by atoms with Crippen LogP contribution in [0.2, 0.25) is 0 Å². The van der Waals surface area contributed by atoms with Gasteiger partial charge in [-0.2, -0.15) is 0 Å². The zero-order valence-electron chi connectivity index (χ0n) is 9.92. The molecule has 1 aliphatic rings. The smallest absolute Gasteiger partial charge is 0.240 e.